The Morgan fingerprint density at radius 3 is 1.95 bits per heavy atom. The van der Waals surface area contributed by atoms with E-state index in [0.29, 0.717) is 23.6 Å². The summed E-state index contributed by atoms with van der Waals surface area (Å²) in [5.41, 5.74) is 2.25. The molecule has 5 nitrogen and oxygen atoms in total. The minimum atomic E-state index is -1.29. The highest BCUT2D eigenvalue weighted by Crippen LogP contribution is 2.33. The fraction of sp³-hybridized carbons (Fsp3) is 0.182. The first-order chi connectivity index (χ1) is 18.8. The summed E-state index contributed by atoms with van der Waals surface area (Å²) in [7, 11) is 0. The van der Waals surface area contributed by atoms with Gasteiger partial charge in [0.25, 0.3) is 0 Å². The fourth-order valence-electron chi connectivity index (χ4n) is 4.35. The van der Waals surface area contributed by atoms with E-state index in [-0.39, 0.29) is 11.3 Å². The maximum absolute atomic E-state index is 13.7. The number of anilines is 1. The molecule has 4 aromatic carbocycles. The molecule has 0 aliphatic heterocycles. The molecule has 4 rings (SSSR count). The van der Waals surface area contributed by atoms with E-state index in [0.717, 1.165) is 5.56 Å². The molecule has 0 heterocycles. The molecule has 39 heavy (non-hydrogen) atoms. The van der Waals surface area contributed by atoms with Crippen LogP contribution in [0.3, 0.4) is 0 Å². The SMILES string of the molecule is CC(C)C(=O)[C@@H](C(=O)Nc1ccc(OCc2ccccc2)cc1)[C@H](C(=O)c1ccc(F)cc1)c1ccccc1. The molecule has 0 spiro atoms. The first kappa shape index (κ1) is 27.5. The number of rotatable bonds is 11. The van der Waals surface area contributed by atoms with Gasteiger partial charge in [0.1, 0.15) is 29.9 Å². The third kappa shape index (κ3) is 7.05. The smallest absolute Gasteiger partial charge is 0.236 e. The van der Waals surface area contributed by atoms with E-state index in [1.54, 1.807) is 68.4 Å². The summed E-state index contributed by atoms with van der Waals surface area (Å²) in [6.45, 7) is 3.81. The van der Waals surface area contributed by atoms with Crippen molar-refractivity contribution >= 4 is 23.2 Å². The largest absolute Gasteiger partial charge is 0.489 e. The molecular formula is C33H30FNO4. The second kappa shape index (κ2) is 12.8. The number of amides is 1. The predicted octanol–water partition coefficient (Wildman–Crippen LogP) is 6.85. The zero-order valence-corrected chi connectivity index (χ0v) is 21.8. The highest BCUT2D eigenvalue weighted by atomic mass is 19.1. The number of halogens is 1. The van der Waals surface area contributed by atoms with Crippen LogP contribution in [0.2, 0.25) is 0 Å². The van der Waals surface area contributed by atoms with Crippen molar-refractivity contribution in [1.29, 1.82) is 0 Å². The Hall–Kier alpha value is -4.58. The maximum atomic E-state index is 13.7. The molecule has 0 saturated heterocycles. The van der Waals surface area contributed by atoms with Gasteiger partial charge in [-0.05, 0) is 59.7 Å². The van der Waals surface area contributed by atoms with Crippen molar-refractivity contribution < 1.29 is 23.5 Å². The van der Waals surface area contributed by atoms with Crippen LogP contribution in [-0.2, 0) is 16.2 Å². The lowest BCUT2D eigenvalue weighted by atomic mass is 9.75. The first-order valence-corrected chi connectivity index (χ1v) is 12.8. The molecule has 198 valence electrons. The van der Waals surface area contributed by atoms with Gasteiger partial charge in [-0.25, -0.2) is 4.39 Å². The van der Waals surface area contributed by atoms with Crippen LogP contribution in [0.5, 0.6) is 5.75 Å². The second-order valence-corrected chi connectivity index (χ2v) is 9.58. The number of benzene rings is 4. The lowest BCUT2D eigenvalue weighted by molar-refractivity contribution is -0.133. The van der Waals surface area contributed by atoms with Gasteiger partial charge in [-0.1, -0.05) is 74.5 Å². The van der Waals surface area contributed by atoms with Crippen molar-refractivity contribution in [2.75, 3.05) is 5.32 Å². The number of hydrogen-bond acceptors (Lipinski definition) is 4. The first-order valence-electron chi connectivity index (χ1n) is 12.8. The number of carbonyl (C=O) groups excluding carboxylic acids is 3. The molecule has 0 aromatic heterocycles. The molecular weight excluding hydrogens is 493 g/mol. The number of carbonyl (C=O) groups is 3. The van der Waals surface area contributed by atoms with Crippen LogP contribution in [0.25, 0.3) is 0 Å². The fourth-order valence-corrected chi connectivity index (χ4v) is 4.35. The van der Waals surface area contributed by atoms with E-state index >= 15 is 0 Å². The monoisotopic (exact) mass is 523 g/mol. The Morgan fingerprint density at radius 1 is 0.769 bits per heavy atom. The molecule has 6 heteroatoms. The minimum absolute atomic E-state index is 0.222. The van der Waals surface area contributed by atoms with Crippen molar-refractivity contribution in [3.05, 3.63) is 132 Å². The van der Waals surface area contributed by atoms with Crippen LogP contribution in [0.4, 0.5) is 10.1 Å². The summed E-state index contributed by atoms with van der Waals surface area (Å²) in [6.07, 6.45) is 0. The second-order valence-electron chi connectivity index (χ2n) is 9.58. The number of nitrogens with one attached hydrogen (secondary N) is 1. The van der Waals surface area contributed by atoms with Gasteiger partial charge < -0.3 is 10.1 Å². The number of ketones is 2. The van der Waals surface area contributed by atoms with Gasteiger partial charge in [0.2, 0.25) is 5.91 Å². The van der Waals surface area contributed by atoms with Crippen molar-refractivity contribution in [3.63, 3.8) is 0 Å². The summed E-state index contributed by atoms with van der Waals surface area (Å²) in [5, 5.41) is 2.82. The topological polar surface area (TPSA) is 72.5 Å². The van der Waals surface area contributed by atoms with Gasteiger partial charge in [0.15, 0.2) is 5.78 Å². The third-order valence-electron chi connectivity index (χ3n) is 6.43. The van der Waals surface area contributed by atoms with Crippen LogP contribution < -0.4 is 10.1 Å². The minimum Gasteiger partial charge on any atom is -0.489 e. The molecule has 4 aromatic rings. The van der Waals surface area contributed by atoms with Crippen LogP contribution in [0.1, 0.15) is 41.3 Å². The highest BCUT2D eigenvalue weighted by Gasteiger charge is 2.41. The van der Waals surface area contributed by atoms with Gasteiger partial charge in [-0.3, -0.25) is 14.4 Å². The summed E-state index contributed by atoms with van der Waals surface area (Å²) in [4.78, 5) is 40.9. The van der Waals surface area contributed by atoms with Crippen LogP contribution in [-0.4, -0.2) is 17.5 Å². The zero-order chi connectivity index (χ0) is 27.8. The molecule has 0 aliphatic carbocycles. The highest BCUT2D eigenvalue weighted by molar-refractivity contribution is 6.14. The van der Waals surface area contributed by atoms with E-state index in [9.17, 15) is 18.8 Å². The summed E-state index contributed by atoms with van der Waals surface area (Å²) >= 11 is 0. The van der Waals surface area contributed by atoms with E-state index in [2.05, 4.69) is 5.32 Å². The molecule has 1 amide bonds. The summed E-state index contributed by atoms with van der Waals surface area (Å²) < 4.78 is 19.4. The van der Waals surface area contributed by atoms with Crippen molar-refractivity contribution in [3.8, 4) is 5.75 Å². The molecule has 0 bridgehead atoms. The average molecular weight is 524 g/mol. The Kier molecular flexibility index (Phi) is 9.00. The van der Waals surface area contributed by atoms with Crippen molar-refractivity contribution in [2.45, 2.75) is 26.4 Å². The summed E-state index contributed by atoms with van der Waals surface area (Å²) in [6, 6.07) is 30.5. The van der Waals surface area contributed by atoms with Gasteiger partial charge in [-0.2, -0.15) is 0 Å². The van der Waals surface area contributed by atoms with Crippen LogP contribution >= 0.6 is 0 Å². The third-order valence-corrected chi connectivity index (χ3v) is 6.43. The predicted molar refractivity (Wildman–Crippen MR) is 149 cm³/mol. The Labute approximate surface area is 227 Å². The lowest BCUT2D eigenvalue weighted by Crippen LogP contribution is -2.40. The van der Waals surface area contributed by atoms with E-state index < -0.39 is 35.3 Å². The standard InChI is InChI=1S/C33H30FNO4/c1-22(2)31(36)30(29(24-11-7-4-8-12-24)32(37)25-13-15-26(34)16-14-25)33(38)35-27-17-19-28(20-18-27)39-21-23-9-5-3-6-10-23/h3-20,22,29-30H,21H2,1-2H3,(H,35,38)/t29-,30+/m1/s1. The number of hydrogen-bond donors (Lipinski definition) is 1. The molecule has 0 radical (unpaired) electrons. The quantitative estimate of drug-likeness (QED) is 0.172. The van der Waals surface area contributed by atoms with E-state index in [1.165, 1.54) is 24.3 Å². The van der Waals surface area contributed by atoms with Gasteiger partial charge in [-0.15, -0.1) is 0 Å². The Balaban J connectivity index is 1.60. The van der Waals surface area contributed by atoms with E-state index in [4.69, 9.17) is 4.74 Å². The van der Waals surface area contributed by atoms with Crippen LogP contribution in [0, 0.1) is 17.7 Å². The van der Waals surface area contributed by atoms with Gasteiger partial charge >= 0.3 is 0 Å². The number of Topliss-reactive ketones (excluding diaryl/α,β-unsaturated/α-hetero) is 2. The zero-order valence-electron chi connectivity index (χ0n) is 21.8. The molecule has 0 unspecified atom stereocenters. The molecule has 0 fully saturated rings. The molecule has 2 atom stereocenters. The Morgan fingerprint density at radius 2 is 1.36 bits per heavy atom. The van der Waals surface area contributed by atoms with Gasteiger partial charge in [0, 0.05) is 17.2 Å². The Bertz CT molecular complexity index is 1400. The lowest BCUT2D eigenvalue weighted by Gasteiger charge is -2.26. The average Bonchev–Trinajstić information content (AvgIpc) is 2.96. The van der Waals surface area contributed by atoms with Crippen LogP contribution in [0.15, 0.2) is 109 Å². The van der Waals surface area contributed by atoms with Crippen molar-refractivity contribution in [2.24, 2.45) is 11.8 Å². The molecule has 0 aliphatic rings. The van der Waals surface area contributed by atoms with Crippen molar-refractivity contribution in [1.82, 2.24) is 0 Å². The van der Waals surface area contributed by atoms with E-state index in [1.807, 2.05) is 30.3 Å². The van der Waals surface area contributed by atoms with Gasteiger partial charge in [0.05, 0.1) is 5.92 Å². The molecule has 0 saturated carbocycles. The summed E-state index contributed by atoms with van der Waals surface area (Å²) in [5.74, 6) is -4.11. The number of ether oxygens (including phenoxy) is 1. The maximum Gasteiger partial charge on any atom is 0.236 e. The molecule has 1 N–H and O–H groups in total. The normalized spacial score (nSPS) is 12.4.